The van der Waals surface area contributed by atoms with Gasteiger partial charge in [-0.1, -0.05) is 40.9 Å². The van der Waals surface area contributed by atoms with E-state index in [1.807, 2.05) is 55.5 Å². The number of benzene rings is 4. The molecule has 2 aliphatic rings. The number of anilines is 2. The molecule has 8 rings (SSSR count). The lowest BCUT2D eigenvalue weighted by Gasteiger charge is -2.33. The van der Waals surface area contributed by atoms with Crippen LogP contribution in [0.2, 0.25) is 10.0 Å². The number of hydrogen-bond acceptors (Lipinski definition) is 8. The Morgan fingerprint density at radius 3 is 1.61 bits per heavy atom. The van der Waals surface area contributed by atoms with Crippen molar-refractivity contribution in [1.29, 1.82) is 0 Å². The van der Waals surface area contributed by atoms with Crippen LogP contribution >= 0.6 is 23.2 Å². The number of aromatic nitrogens is 4. The summed E-state index contributed by atoms with van der Waals surface area (Å²) in [6.45, 7) is 4.92. The maximum absolute atomic E-state index is 13.8. The number of nitrogens with one attached hydrogen (secondary N) is 2. The van der Waals surface area contributed by atoms with Gasteiger partial charge < -0.3 is 20.4 Å². The molecule has 288 valence electrons. The Hall–Kier alpha value is -5.53. The summed E-state index contributed by atoms with van der Waals surface area (Å²) in [4.78, 5) is 46.4. The molecule has 2 fully saturated rings. The molecule has 0 radical (unpaired) electrons. The number of piperidine rings is 2. The molecule has 0 atom stereocenters. The van der Waals surface area contributed by atoms with Crippen LogP contribution in [-0.4, -0.2) is 70.0 Å². The fraction of sp³-hybridized carbons (Fsp3) is 0.268. The van der Waals surface area contributed by atoms with E-state index < -0.39 is 28.9 Å². The van der Waals surface area contributed by atoms with Gasteiger partial charge in [-0.3, -0.25) is 9.59 Å². The zero-order valence-corrected chi connectivity index (χ0v) is 31.8. The molecule has 2 N–H and O–H groups in total. The van der Waals surface area contributed by atoms with Crippen molar-refractivity contribution in [3.05, 3.63) is 130 Å². The molecular formula is C41H37Cl2F3N8O2. The van der Waals surface area contributed by atoms with Crippen molar-refractivity contribution >= 4 is 68.5 Å². The van der Waals surface area contributed by atoms with E-state index >= 15 is 0 Å². The van der Waals surface area contributed by atoms with E-state index in [-0.39, 0.29) is 18.0 Å². The van der Waals surface area contributed by atoms with E-state index in [0.29, 0.717) is 41.5 Å². The van der Waals surface area contributed by atoms with E-state index in [9.17, 15) is 22.8 Å². The van der Waals surface area contributed by atoms with E-state index in [2.05, 4.69) is 40.4 Å². The summed E-state index contributed by atoms with van der Waals surface area (Å²) in [5.74, 6) is -3.51. The number of carbonyl (C=O) groups is 2. The van der Waals surface area contributed by atoms with Crippen LogP contribution in [-0.2, 0) is 0 Å². The van der Waals surface area contributed by atoms with Gasteiger partial charge in [-0.15, -0.1) is 0 Å². The van der Waals surface area contributed by atoms with Crippen molar-refractivity contribution in [2.75, 3.05) is 36.0 Å². The highest BCUT2D eigenvalue weighted by atomic mass is 35.5. The third-order valence-corrected chi connectivity index (χ3v) is 10.5. The molecule has 15 heteroatoms. The minimum absolute atomic E-state index is 0.00409. The molecule has 10 nitrogen and oxygen atoms in total. The molecule has 0 bridgehead atoms. The highest BCUT2D eigenvalue weighted by Crippen LogP contribution is 2.29. The number of halogens is 5. The topological polar surface area (TPSA) is 116 Å². The van der Waals surface area contributed by atoms with Crippen LogP contribution in [0, 0.1) is 24.4 Å². The van der Waals surface area contributed by atoms with Crippen LogP contribution in [0.25, 0.3) is 21.8 Å². The quantitative estimate of drug-likeness (QED) is 0.163. The third kappa shape index (κ3) is 8.79. The Bertz CT molecular complexity index is 2390. The number of amides is 2. The van der Waals surface area contributed by atoms with Gasteiger partial charge in [0, 0.05) is 64.6 Å². The summed E-state index contributed by atoms with van der Waals surface area (Å²) in [7, 11) is 0. The van der Waals surface area contributed by atoms with Gasteiger partial charge in [-0.25, -0.2) is 33.1 Å². The van der Waals surface area contributed by atoms with Crippen molar-refractivity contribution in [3.8, 4) is 0 Å². The van der Waals surface area contributed by atoms with Crippen LogP contribution in [0.15, 0.2) is 85.5 Å². The Morgan fingerprint density at radius 1 is 0.625 bits per heavy atom. The molecule has 0 spiro atoms. The van der Waals surface area contributed by atoms with Gasteiger partial charge in [-0.05, 0) is 93.3 Å². The Labute approximate surface area is 331 Å². The molecule has 0 unspecified atom stereocenters. The van der Waals surface area contributed by atoms with Crippen molar-refractivity contribution in [2.45, 2.75) is 44.7 Å². The Morgan fingerprint density at radius 2 is 1.11 bits per heavy atom. The number of rotatable bonds is 6. The van der Waals surface area contributed by atoms with Gasteiger partial charge in [0.2, 0.25) is 0 Å². The Kier molecular flexibility index (Phi) is 11.8. The Balaban J connectivity index is 0.000000172. The van der Waals surface area contributed by atoms with E-state index in [1.54, 1.807) is 18.5 Å². The van der Waals surface area contributed by atoms with Gasteiger partial charge >= 0.3 is 0 Å². The van der Waals surface area contributed by atoms with E-state index in [0.717, 1.165) is 77.1 Å². The predicted molar refractivity (Wildman–Crippen MR) is 212 cm³/mol. The molecule has 56 heavy (non-hydrogen) atoms. The SMILES string of the molecule is Cc1ccc(C(=O)NC2CCN(c3ncnc4cc(Cl)ccc34)CC2)cc1.O=C(NC1CCN(c2ncnc3cc(Cl)ccc23)CC1)c1ccc(F)c(F)c1F. The predicted octanol–water partition coefficient (Wildman–Crippen LogP) is 8.09. The minimum Gasteiger partial charge on any atom is -0.356 e. The highest BCUT2D eigenvalue weighted by molar-refractivity contribution is 6.31. The maximum atomic E-state index is 13.8. The van der Waals surface area contributed by atoms with Crippen LogP contribution in [0.3, 0.4) is 0 Å². The smallest absolute Gasteiger partial charge is 0.254 e. The zero-order valence-electron chi connectivity index (χ0n) is 30.3. The summed E-state index contributed by atoms with van der Waals surface area (Å²) in [6.07, 6.45) is 6.02. The summed E-state index contributed by atoms with van der Waals surface area (Å²) < 4.78 is 40.2. The summed E-state index contributed by atoms with van der Waals surface area (Å²) in [6, 6.07) is 20.4. The van der Waals surface area contributed by atoms with Crippen LogP contribution in [0.4, 0.5) is 24.8 Å². The van der Waals surface area contributed by atoms with Gasteiger partial charge in [0.15, 0.2) is 17.5 Å². The summed E-state index contributed by atoms with van der Waals surface area (Å²) in [5.41, 5.74) is 2.94. The van der Waals surface area contributed by atoms with Gasteiger partial charge in [-0.2, -0.15) is 0 Å². The lowest BCUT2D eigenvalue weighted by Crippen LogP contribution is -2.45. The average molecular weight is 802 g/mol. The average Bonchev–Trinajstić information content (AvgIpc) is 3.20. The van der Waals surface area contributed by atoms with E-state index in [4.69, 9.17) is 23.2 Å². The van der Waals surface area contributed by atoms with Crippen molar-refractivity contribution in [1.82, 2.24) is 30.6 Å². The molecule has 2 aliphatic heterocycles. The summed E-state index contributed by atoms with van der Waals surface area (Å²) >= 11 is 12.1. The zero-order chi connectivity index (χ0) is 39.3. The van der Waals surface area contributed by atoms with Gasteiger partial charge in [0.25, 0.3) is 11.8 Å². The fourth-order valence-electron chi connectivity index (χ4n) is 6.95. The number of fused-ring (bicyclic) bond motifs is 2. The number of aryl methyl sites for hydroxylation is 1. The largest absolute Gasteiger partial charge is 0.356 e. The van der Waals surface area contributed by atoms with Gasteiger partial charge in [0.1, 0.15) is 24.3 Å². The molecule has 0 saturated carbocycles. The monoisotopic (exact) mass is 800 g/mol. The van der Waals surface area contributed by atoms with Crippen LogP contribution in [0.5, 0.6) is 0 Å². The molecule has 4 heterocycles. The maximum Gasteiger partial charge on any atom is 0.254 e. The minimum atomic E-state index is -1.65. The lowest BCUT2D eigenvalue weighted by atomic mass is 10.0. The highest BCUT2D eigenvalue weighted by Gasteiger charge is 2.26. The molecular weight excluding hydrogens is 764 g/mol. The fourth-order valence-corrected chi connectivity index (χ4v) is 7.28. The van der Waals surface area contributed by atoms with Gasteiger partial charge in [0.05, 0.1) is 16.6 Å². The second kappa shape index (κ2) is 17.1. The van der Waals surface area contributed by atoms with Crippen molar-refractivity contribution in [3.63, 3.8) is 0 Å². The number of nitrogens with zero attached hydrogens (tertiary/aromatic N) is 6. The molecule has 4 aromatic carbocycles. The third-order valence-electron chi connectivity index (χ3n) is 10.0. The first kappa shape index (κ1) is 38.7. The molecule has 2 saturated heterocycles. The second-order valence-electron chi connectivity index (χ2n) is 13.8. The first-order valence-electron chi connectivity index (χ1n) is 18.2. The lowest BCUT2D eigenvalue weighted by molar-refractivity contribution is 0.0919. The molecule has 0 aliphatic carbocycles. The standard InChI is InChI=1S/C21H21ClN4O.C20H16ClF3N4O/c1-14-2-4-15(5-3-14)21(27)25-17-8-10-26(11-9-17)20-18-7-6-16(22)12-19(18)23-13-24-20;21-11-1-2-13-16(9-11)25-10-26-19(13)28-7-5-12(6-8-28)27-20(29)14-3-4-15(22)18(24)17(14)23/h2-7,12-13,17H,8-11H2,1H3,(H,25,27);1-4,9-10,12H,5-8H2,(H,27,29). The normalized spacial score (nSPS) is 15.0. The molecule has 2 aromatic heterocycles. The van der Waals surface area contributed by atoms with Crippen molar-refractivity contribution < 1.29 is 22.8 Å². The van der Waals surface area contributed by atoms with Crippen LogP contribution < -0.4 is 20.4 Å². The summed E-state index contributed by atoms with van der Waals surface area (Å²) in [5, 5.41) is 8.99. The van der Waals surface area contributed by atoms with Crippen molar-refractivity contribution in [2.24, 2.45) is 0 Å². The molecule has 2 amide bonds. The first-order chi connectivity index (χ1) is 27.0. The molecule has 6 aromatic rings. The first-order valence-corrected chi connectivity index (χ1v) is 18.9. The number of hydrogen-bond donors (Lipinski definition) is 2. The van der Waals surface area contributed by atoms with E-state index in [1.165, 1.54) is 6.33 Å². The second-order valence-corrected chi connectivity index (χ2v) is 14.6. The number of carbonyl (C=O) groups excluding carboxylic acids is 2. The van der Waals surface area contributed by atoms with Crippen LogP contribution in [0.1, 0.15) is 52.0 Å².